The van der Waals surface area contributed by atoms with Crippen LogP contribution in [0.3, 0.4) is 0 Å². The van der Waals surface area contributed by atoms with Crippen LogP contribution < -0.4 is 4.90 Å². The first-order valence-electron chi connectivity index (χ1n) is 6.18. The van der Waals surface area contributed by atoms with Gasteiger partial charge < -0.3 is 10.0 Å². The molecule has 0 spiro atoms. The van der Waals surface area contributed by atoms with Crippen molar-refractivity contribution in [2.75, 3.05) is 11.4 Å². The summed E-state index contributed by atoms with van der Waals surface area (Å²) in [5.74, 6) is -1.18. The highest BCUT2D eigenvalue weighted by Gasteiger charge is 2.16. The van der Waals surface area contributed by atoms with Crippen molar-refractivity contribution >= 4 is 17.6 Å². The maximum absolute atomic E-state index is 12.4. The Labute approximate surface area is 116 Å². The molecule has 0 saturated carbocycles. The van der Waals surface area contributed by atoms with E-state index in [2.05, 4.69) is 4.98 Å². The molecule has 0 bridgehead atoms. The fraction of sp³-hybridized carbons (Fsp3) is 0.133. The molecule has 1 amide bonds. The fourth-order valence-electron chi connectivity index (χ4n) is 1.88. The van der Waals surface area contributed by atoms with Crippen molar-refractivity contribution < 1.29 is 14.7 Å². The van der Waals surface area contributed by atoms with Crippen molar-refractivity contribution in [3.63, 3.8) is 0 Å². The number of nitrogens with zero attached hydrogens (tertiary/aromatic N) is 2. The highest BCUT2D eigenvalue weighted by atomic mass is 16.4. The van der Waals surface area contributed by atoms with Gasteiger partial charge in [-0.3, -0.25) is 9.78 Å². The van der Waals surface area contributed by atoms with Gasteiger partial charge in [0.1, 0.15) is 0 Å². The molecule has 1 aromatic heterocycles. The highest BCUT2D eigenvalue weighted by Crippen LogP contribution is 2.16. The molecule has 0 atom stereocenters. The Morgan fingerprint density at radius 1 is 1.05 bits per heavy atom. The molecule has 2 aromatic rings. The molecule has 0 radical (unpaired) electrons. The molecular weight excluding hydrogens is 256 g/mol. The van der Waals surface area contributed by atoms with E-state index in [4.69, 9.17) is 5.11 Å². The number of hydrogen-bond donors (Lipinski definition) is 1. The SMILES string of the molecule is CCN(C(=O)c1ccc(C(=O)O)cc1)c1ccncc1. The van der Waals surface area contributed by atoms with Gasteiger partial charge >= 0.3 is 5.97 Å². The molecule has 1 heterocycles. The molecular formula is C15H14N2O3. The summed E-state index contributed by atoms with van der Waals surface area (Å²) in [5.41, 5.74) is 1.37. The minimum atomic E-state index is -1.01. The third kappa shape index (κ3) is 2.83. The third-order valence-corrected chi connectivity index (χ3v) is 2.91. The Balaban J connectivity index is 2.27. The Morgan fingerprint density at radius 2 is 1.60 bits per heavy atom. The summed E-state index contributed by atoms with van der Waals surface area (Å²) >= 11 is 0. The number of carboxylic acid groups (broad SMARTS) is 1. The number of hydrogen-bond acceptors (Lipinski definition) is 3. The first-order valence-corrected chi connectivity index (χ1v) is 6.18. The smallest absolute Gasteiger partial charge is 0.335 e. The number of rotatable bonds is 4. The van der Waals surface area contributed by atoms with E-state index in [9.17, 15) is 9.59 Å². The molecule has 5 nitrogen and oxygen atoms in total. The number of aromatic carboxylic acids is 1. The van der Waals surface area contributed by atoms with Gasteiger partial charge in [-0.25, -0.2) is 4.79 Å². The Kier molecular flexibility index (Phi) is 4.10. The highest BCUT2D eigenvalue weighted by molar-refractivity contribution is 6.06. The summed E-state index contributed by atoms with van der Waals surface area (Å²) in [6.07, 6.45) is 3.25. The second-order valence-corrected chi connectivity index (χ2v) is 4.14. The molecule has 5 heteroatoms. The molecule has 0 saturated heterocycles. The van der Waals surface area contributed by atoms with Crippen molar-refractivity contribution in [3.8, 4) is 0 Å². The number of aromatic nitrogens is 1. The normalized spacial score (nSPS) is 10.1. The molecule has 0 fully saturated rings. The summed E-state index contributed by atoms with van der Waals surface area (Å²) in [6, 6.07) is 9.41. The largest absolute Gasteiger partial charge is 0.478 e. The van der Waals surface area contributed by atoms with Crippen LogP contribution in [-0.4, -0.2) is 28.5 Å². The summed E-state index contributed by atoms with van der Waals surface area (Å²) in [5, 5.41) is 8.85. The van der Waals surface area contributed by atoms with E-state index in [1.165, 1.54) is 24.3 Å². The van der Waals surface area contributed by atoms with Gasteiger partial charge in [-0.05, 0) is 43.3 Å². The maximum Gasteiger partial charge on any atom is 0.335 e. The van der Waals surface area contributed by atoms with Crippen LogP contribution in [0, 0.1) is 0 Å². The topological polar surface area (TPSA) is 70.5 Å². The Hall–Kier alpha value is -2.69. The van der Waals surface area contributed by atoms with Crippen molar-refractivity contribution in [2.24, 2.45) is 0 Å². The van der Waals surface area contributed by atoms with E-state index in [0.29, 0.717) is 12.1 Å². The summed E-state index contributed by atoms with van der Waals surface area (Å²) in [4.78, 5) is 28.7. The molecule has 0 aliphatic carbocycles. The summed E-state index contributed by atoms with van der Waals surface area (Å²) in [7, 11) is 0. The third-order valence-electron chi connectivity index (χ3n) is 2.91. The first-order chi connectivity index (χ1) is 9.63. The molecule has 1 aromatic carbocycles. The lowest BCUT2D eigenvalue weighted by atomic mass is 10.1. The van der Waals surface area contributed by atoms with E-state index >= 15 is 0 Å². The van der Waals surface area contributed by atoms with E-state index in [-0.39, 0.29) is 11.5 Å². The van der Waals surface area contributed by atoms with Gasteiger partial charge in [0.25, 0.3) is 5.91 Å². The predicted molar refractivity (Wildman–Crippen MR) is 75.0 cm³/mol. The monoisotopic (exact) mass is 270 g/mol. The zero-order valence-corrected chi connectivity index (χ0v) is 11.0. The quantitative estimate of drug-likeness (QED) is 0.926. The van der Waals surface area contributed by atoms with Crippen LogP contribution in [0.25, 0.3) is 0 Å². The summed E-state index contributed by atoms with van der Waals surface area (Å²) in [6.45, 7) is 2.40. The average molecular weight is 270 g/mol. The van der Waals surface area contributed by atoms with E-state index in [1.807, 2.05) is 6.92 Å². The fourth-order valence-corrected chi connectivity index (χ4v) is 1.88. The number of amides is 1. The second kappa shape index (κ2) is 5.97. The maximum atomic E-state index is 12.4. The van der Waals surface area contributed by atoms with Crippen molar-refractivity contribution in [3.05, 3.63) is 59.9 Å². The van der Waals surface area contributed by atoms with E-state index < -0.39 is 5.97 Å². The van der Waals surface area contributed by atoms with Crippen LogP contribution in [0.5, 0.6) is 0 Å². The zero-order chi connectivity index (χ0) is 14.5. The van der Waals surface area contributed by atoms with Crippen LogP contribution in [0.1, 0.15) is 27.6 Å². The summed E-state index contributed by atoms with van der Waals surface area (Å²) < 4.78 is 0. The Bertz CT molecular complexity index is 609. The van der Waals surface area contributed by atoms with E-state index in [0.717, 1.165) is 5.69 Å². The second-order valence-electron chi connectivity index (χ2n) is 4.14. The van der Waals surface area contributed by atoms with Gasteiger partial charge in [-0.1, -0.05) is 0 Å². The van der Waals surface area contributed by atoms with Crippen LogP contribution in [0.4, 0.5) is 5.69 Å². The minimum Gasteiger partial charge on any atom is -0.478 e. The van der Waals surface area contributed by atoms with Crippen molar-refractivity contribution in [1.29, 1.82) is 0 Å². The van der Waals surface area contributed by atoms with Crippen LogP contribution in [-0.2, 0) is 0 Å². The molecule has 20 heavy (non-hydrogen) atoms. The van der Waals surface area contributed by atoms with Crippen LogP contribution >= 0.6 is 0 Å². The van der Waals surface area contributed by atoms with Gasteiger partial charge in [0.2, 0.25) is 0 Å². The van der Waals surface area contributed by atoms with Gasteiger partial charge in [0.05, 0.1) is 5.56 Å². The predicted octanol–water partition coefficient (Wildman–Crippen LogP) is 2.45. The number of benzene rings is 1. The number of carbonyl (C=O) groups excluding carboxylic acids is 1. The van der Waals surface area contributed by atoms with Crippen LogP contribution in [0.2, 0.25) is 0 Å². The molecule has 0 aliphatic rings. The lowest BCUT2D eigenvalue weighted by molar-refractivity contribution is 0.0696. The number of carbonyl (C=O) groups is 2. The number of carboxylic acids is 1. The molecule has 0 aliphatic heterocycles. The molecule has 2 rings (SSSR count). The molecule has 102 valence electrons. The zero-order valence-electron chi connectivity index (χ0n) is 11.0. The van der Waals surface area contributed by atoms with Gasteiger partial charge in [0, 0.05) is 30.2 Å². The molecule has 1 N–H and O–H groups in total. The minimum absolute atomic E-state index is 0.161. The standard InChI is InChI=1S/C15H14N2O3/c1-2-17(13-7-9-16-10-8-13)14(18)11-3-5-12(6-4-11)15(19)20/h3-10H,2H2,1H3,(H,19,20). The van der Waals surface area contributed by atoms with Crippen molar-refractivity contribution in [1.82, 2.24) is 4.98 Å². The first kappa shape index (κ1) is 13.7. The van der Waals surface area contributed by atoms with Gasteiger partial charge in [0.15, 0.2) is 0 Å². The van der Waals surface area contributed by atoms with E-state index in [1.54, 1.807) is 29.4 Å². The lowest BCUT2D eigenvalue weighted by Crippen LogP contribution is -2.30. The van der Waals surface area contributed by atoms with Crippen molar-refractivity contribution in [2.45, 2.75) is 6.92 Å². The number of anilines is 1. The average Bonchev–Trinajstić information content (AvgIpc) is 2.49. The number of pyridine rings is 1. The Morgan fingerprint density at radius 3 is 2.10 bits per heavy atom. The molecule has 0 unspecified atom stereocenters. The van der Waals surface area contributed by atoms with Gasteiger partial charge in [-0.15, -0.1) is 0 Å². The lowest BCUT2D eigenvalue weighted by Gasteiger charge is -2.20. The van der Waals surface area contributed by atoms with Crippen LogP contribution in [0.15, 0.2) is 48.8 Å². The van der Waals surface area contributed by atoms with Gasteiger partial charge in [-0.2, -0.15) is 0 Å².